The van der Waals surface area contributed by atoms with Crippen molar-refractivity contribution in [3.05, 3.63) is 12.2 Å². The van der Waals surface area contributed by atoms with Crippen molar-refractivity contribution in [2.24, 2.45) is 10.9 Å². The SMILES string of the molecule is CCCn1ncnc1CN(CC(N)=NO)C1CCCC1. The molecule has 1 aromatic heterocycles. The summed E-state index contributed by atoms with van der Waals surface area (Å²) in [7, 11) is 0. The molecule has 112 valence electrons. The predicted molar refractivity (Wildman–Crippen MR) is 76.4 cm³/mol. The van der Waals surface area contributed by atoms with Crippen LogP contribution in [0.15, 0.2) is 11.5 Å². The second kappa shape index (κ2) is 7.23. The van der Waals surface area contributed by atoms with Crippen molar-refractivity contribution in [2.45, 2.75) is 58.2 Å². The van der Waals surface area contributed by atoms with Gasteiger partial charge in [0.25, 0.3) is 0 Å². The van der Waals surface area contributed by atoms with E-state index in [0.29, 0.717) is 19.1 Å². The van der Waals surface area contributed by atoms with Crippen molar-refractivity contribution in [3.8, 4) is 0 Å². The number of aryl methyl sites for hydroxylation is 1. The first-order valence-electron chi connectivity index (χ1n) is 7.31. The molecule has 0 radical (unpaired) electrons. The summed E-state index contributed by atoms with van der Waals surface area (Å²) in [6.07, 6.45) is 7.46. The van der Waals surface area contributed by atoms with Gasteiger partial charge in [0.15, 0.2) is 5.84 Å². The molecule has 20 heavy (non-hydrogen) atoms. The van der Waals surface area contributed by atoms with Gasteiger partial charge in [0, 0.05) is 12.6 Å². The molecule has 0 spiro atoms. The monoisotopic (exact) mass is 280 g/mol. The lowest BCUT2D eigenvalue weighted by molar-refractivity contribution is 0.205. The van der Waals surface area contributed by atoms with Gasteiger partial charge >= 0.3 is 0 Å². The van der Waals surface area contributed by atoms with Crippen LogP contribution < -0.4 is 5.73 Å². The Morgan fingerprint density at radius 3 is 2.95 bits per heavy atom. The van der Waals surface area contributed by atoms with Gasteiger partial charge in [-0.2, -0.15) is 5.10 Å². The summed E-state index contributed by atoms with van der Waals surface area (Å²) in [5.41, 5.74) is 5.68. The molecule has 0 bridgehead atoms. The molecular formula is C13H24N6O. The summed E-state index contributed by atoms with van der Waals surface area (Å²) in [6.45, 7) is 4.16. The van der Waals surface area contributed by atoms with Crippen molar-refractivity contribution >= 4 is 5.84 Å². The second-order valence-corrected chi connectivity index (χ2v) is 5.33. The van der Waals surface area contributed by atoms with E-state index in [4.69, 9.17) is 10.9 Å². The molecule has 1 aliphatic carbocycles. The zero-order valence-corrected chi connectivity index (χ0v) is 12.1. The first kappa shape index (κ1) is 14.8. The van der Waals surface area contributed by atoms with Crippen LogP contribution in [-0.4, -0.2) is 43.3 Å². The number of nitrogens with zero attached hydrogens (tertiary/aromatic N) is 5. The minimum Gasteiger partial charge on any atom is -0.409 e. The van der Waals surface area contributed by atoms with Gasteiger partial charge in [0.1, 0.15) is 12.2 Å². The fourth-order valence-corrected chi connectivity index (χ4v) is 2.81. The van der Waals surface area contributed by atoms with E-state index < -0.39 is 0 Å². The van der Waals surface area contributed by atoms with Crippen LogP contribution in [0.3, 0.4) is 0 Å². The third kappa shape index (κ3) is 3.69. The lowest BCUT2D eigenvalue weighted by Gasteiger charge is -2.27. The van der Waals surface area contributed by atoms with Crippen LogP contribution in [0.4, 0.5) is 0 Å². The quantitative estimate of drug-likeness (QED) is 0.338. The van der Waals surface area contributed by atoms with Crippen LogP contribution >= 0.6 is 0 Å². The highest BCUT2D eigenvalue weighted by molar-refractivity contribution is 5.81. The van der Waals surface area contributed by atoms with Gasteiger partial charge in [-0.05, 0) is 19.3 Å². The molecular weight excluding hydrogens is 256 g/mol. The van der Waals surface area contributed by atoms with E-state index in [9.17, 15) is 0 Å². The number of nitrogens with two attached hydrogens (primary N) is 1. The highest BCUT2D eigenvalue weighted by Gasteiger charge is 2.24. The number of aromatic nitrogens is 3. The van der Waals surface area contributed by atoms with E-state index in [1.54, 1.807) is 6.33 Å². The zero-order valence-electron chi connectivity index (χ0n) is 12.1. The Bertz CT molecular complexity index is 438. The molecule has 7 nitrogen and oxygen atoms in total. The third-order valence-corrected chi connectivity index (χ3v) is 3.81. The van der Waals surface area contributed by atoms with Gasteiger partial charge in [-0.1, -0.05) is 24.9 Å². The molecule has 1 aliphatic rings. The predicted octanol–water partition coefficient (Wildman–Crippen LogP) is 1.18. The number of oxime groups is 1. The molecule has 0 unspecified atom stereocenters. The Balaban J connectivity index is 2.07. The Kier molecular flexibility index (Phi) is 5.34. The maximum absolute atomic E-state index is 8.79. The maximum atomic E-state index is 8.79. The van der Waals surface area contributed by atoms with Crippen LogP contribution in [-0.2, 0) is 13.1 Å². The molecule has 2 rings (SSSR count). The fraction of sp³-hybridized carbons (Fsp3) is 0.769. The summed E-state index contributed by atoms with van der Waals surface area (Å²) >= 11 is 0. The average Bonchev–Trinajstić information content (AvgIpc) is 3.10. The maximum Gasteiger partial charge on any atom is 0.153 e. The van der Waals surface area contributed by atoms with Gasteiger partial charge in [-0.25, -0.2) is 9.67 Å². The first-order chi connectivity index (χ1) is 9.74. The topological polar surface area (TPSA) is 92.6 Å². The standard InChI is InChI=1S/C13H24N6O/c1-2-7-19-13(15-10-16-19)9-18(8-12(14)17-20)11-5-3-4-6-11/h10-11,20H,2-9H2,1H3,(H2,14,17). The van der Waals surface area contributed by atoms with Crippen molar-refractivity contribution in [3.63, 3.8) is 0 Å². The van der Waals surface area contributed by atoms with Crippen molar-refractivity contribution in [1.29, 1.82) is 0 Å². The van der Waals surface area contributed by atoms with Crippen LogP contribution in [0.25, 0.3) is 0 Å². The van der Waals surface area contributed by atoms with E-state index >= 15 is 0 Å². The fourth-order valence-electron chi connectivity index (χ4n) is 2.81. The Labute approximate surface area is 119 Å². The number of hydrogen-bond acceptors (Lipinski definition) is 5. The second-order valence-electron chi connectivity index (χ2n) is 5.33. The molecule has 0 aromatic carbocycles. The molecule has 0 amide bonds. The van der Waals surface area contributed by atoms with Gasteiger partial charge < -0.3 is 10.9 Å². The van der Waals surface area contributed by atoms with Crippen LogP contribution in [0.2, 0.25) is 0 Å². The largest absolute Gasteiger partial charge is 0.409 e. The van der Waals surface area contributed by atoms with E-state index in [1.165, 1.54) is 25.7 Å². The highest BCUT2D eigenvalue weighted by atomic mass is 16.4. The van der Waals surface area contributed by atoms with Crippen molar-refractivity contribution < 1.29 is 5.21 Å². The molecule has 1 aromatic rings. The van der Waals surface area contributed by atoms with Gasteiger partial charge in [-0.15, -0.1) is 0 Å². The number of rotatable bonds is 7. The summed E-state index contributed by atoms with van der Waals surface area (Å²) in [4.78, 5) is 6.59. The molecule has 3 N–H and O–H groups in total. The van der Waals surface area contributed by atoms with Crippen molar-refractivity contribution in [2.75, 3.05) is 6.54 Å². The minimum absolute atomic E-state index is 0.249. The highest BCUT2D eigenvalue weighted by Crippen LogP contribution is 2.24. The summed E-state index contributed by atoms with van der Waals surface area (Å²) in [5.74, 6) is 1.20. The summed E-state index contributed by atoms with van der Waals surface area (Å²) < 4.78 is 1.94. The Morgan fingerprint density at radius 2 is 2.30 bits per heavy atom. The molecule has 1 heterocycles. The average molecular weight is 280 g/mol. The molecule has 1 saturated carbocycles. The van der Waals surface area contributed by atoms with E-state index in [2.05, 4.69) is 27.1 Å². The smallest absolute Gasteiger partial charge is 0.153 e. The zero-order chi connectivity index (χ0) is 14.4. The van der Waals surface area contributed by atoms with E-state index in [0.717, 1.165) is 18.8 Å². The van der Waals surface area contributed by atoms with Crippen molar-refractivity contribution in [1.82, 2.24) is 19.7 Å². The lowest BCUT2D eigenvalue weighted by atomic mass is 10.2. The van der Waals surface area contributed by atoms with Crippen LogP contribution in [0.1, 0.15) is 44.9 Å². The van der Waals surface area contributed by atoms with E-state index in [-0.39, 0.29) is 5.84 Å². The van der Waals surface area contributed by atoms with Gasteiger partial charge in [0.2, 0.25) is 0 Å². The lowest BCUT2D eigenvalue weighted by Crippen LogP contribution is -2.40. The van der Waals surface area contributed by atoms with E-state index in [1.807, 2.05) is 4.68 Å². The molecule has 0 aliphatic heterocycles. The summed E-state index contributed by atoms with van der Waals surface area (Å²) in [6, 6.07) is 0.488. The van der Waals surface area contributed by atoms with Crippen LogP contribution in [0.5, 0.6) is 0 Å². The molecule has 0 saturated heterocycles. The minimum atomic E-state index is 0.249. The van der Waals surface area contributed by atoms with Gasteiger partial charge in [-0.3, -0.25) is 4.90 Å². The molecule has 1 fully saturated rings. The third-order valence-electron chi connectivity index (χ3n) is 3.81. The molecule has 7 heteroatoms. The Morgan fingerprint density at radius 1 is 1.55 bits per heavy atom. The Hall–Kier alpha value is -1.63. The normalized spacial score (nSPS) is 17.2. The van der Waals surface area contributed by atoms with Crippen LogP contribution in [0, 0.1) is 0 Å². The first-order valence-corrected chi connectivity index (χ1v) is 7.31. The number of amidine groups is 1. The molecule has 0 atom stereocenters. The van der Waals surface area contributed by atoms with Gasteiger partial charge in [0.05, 0.1) is 13.1 Å². The summed E-state index contributed by atoms with van der Waals surface area (Å²) in [5, 5.41) is 16.1. The number of hydrogen-bond donors (Lipinski definition) is 2.